The van der Waals surface area contributed by atoms with E-state index in [2.05, 4.69) is 18.0 Å². The topological polar surface area (TPSA) is 53.0 Å². The minimum atomic E-state index is 0.325. The highest BCUT2D eigenvalue weighted by Gasteiger charge is 2.45. The molecule has 2 fully saturated rings. The van der Waals surface area contributed by atoms with E-state index in [9.17, 15) is 0 Å². The van der Waals surface area contributed by atoms with Crippen molar-refractivity contribution in [1.29, 1.82) is 5.26 Å². The van der Waals surface area contributed by atoms with Crippen LogP contribution in [0.5, 0.6) is 0 Å². The van der Waals surface area contributed by atoms with Gasteiger partial charge in [0.1, 0.15) is 0 Å². The monoisotopic (exact) mass is 207 g/mol. The Hall–Kier alpha value is -0.590. The second kappa shape index (κ2) is 4.11. The molecule has 1 atom stereocenters. The van der Waals surface area contributed by atoms with Crippen molar-refractivity contribution in [2.75, 3.05) is 20.1 Å². The fourth-order valence-corrected chi connectivity index (χ4v) is 2.59. The highest BCUT2D eigenvalue weighted by Crippen LogP contribution is 2.49. The molecule has 0 aromatic heterocycles. The Morgan fingerprint density at radius 3 is 2.60 bits per heavy atom. The Labute approximate surface area is 92.2 Å². The van der Waals surface area contributed by atoms with Crippen LogP contribution in [0.1, 0.15) is 32.1 Å². The molecule has 0 bridgehead atoms. The van der Waals surface area contributed by atoms with E-state index in [0.717, 1.165) is 25.4 Å². The lowest BCUT2D eigenvalue weighted by Gasteiger charge is -2.30. The summed E-state index contributed by atoms with van der Waals surface area (Å²) in [5, 5.41) is 8.78. The van der Waals surface area contributed by atoms with E-state index in [0.29, 0.717) is 11.5 Å². The van der Waals surface area contributed by atoms with Gasteiger partial charge in [0, 0.05) is 25.6 Å². The zero-order chi connectivity index (χ0) is 10.9. The summed E-state index contributed by atoms with van der Waals surface area (Å²) in [4.78, 5) is 2.40. The summed E-state index contributed by atoms with van der Waals surface area (Å²) < 4.78 is 0. The van der Waals surface area contributed by atoms with E-state index in [-0.39, 0.29) is 0 Å². The van der Waals surface area contributed by atoms with Gasteiger partial charge in [0.25, 0.3) is 0 Å². The summed E-state index contributed by atoms with van der Waals surface area (Å²) in [5.41, 5.74) is 6.15. The number of nitrogens with zero attached hydrogens (tertiary/aromatic N) is 2. The van der Waals surface area contributed by atoms with Crippen LogP contribution >= 0.6 is 0 Å². The van der Waals surface area contributed by atoms with Crippen molar-refractivity contribution in [3.8, 4) is 6.07 Å². The van der Waals surface area contributed by atoms with Crippen LogP contribution in [0.25, 0.3) is 0 Å². The summed E-state index contributed by atoms with van der Waals surface area (Å²) in [6, 6.07) is 2.88. The number of hydrogen-bond acceptors (Lipinski definition) is 3. The lowest BCUT2D eigenvalue weighted by atomic mass is 10.0. The first-order valence-electron chi connectivity index (χ1n) is 5.98. The molecule has 0 saturated heterocycles. The summed E-state index contributed by atoms with van der Waals surface area (Å²) >= 11 is 0. The Bertz CT molecular complexity index is 261. The highest BCUT2D eigenvalue weighted by molar-refractivity contribution is 5.02. The zero-order valence-electron chi connectivity index (χ0n) is 9.58. The molecule has 2 saturated carbocycles. The van der Waals surface area contributed by atoms with E-state index >= 15 is 0 Å². The van der Waals surface area contributed by atoms with Gasteiger partial charge in [0.05, 0.1) is 6.07 Å². The molecule has 2 aliphatic carbocycles. The number of nitrogens with two attached hydrogens (primary N) is 1. The molecular weight excluding hydrogens is 186 g/mol. The van der Waals surface area contributed by atoms with Crippen LogP contribution in [0.3, 0.4) is 0 Å². The summed E-state index contributed by atoms with van der Waals surface area (Å²) in [6.45, 7) is 1.84. The summed E-state index contributed by atoms with van der Waals surface area (Å²) in [5.74, 6) is 0.831. The van der Waals surface area contributed by atoms with Gasteiger partial charge >= 0.3 is 0 Å². The average molecular weight is 207 g/mol. The zero-order valence-corrected chi connectivity index (χ0v) is 9.58. The minimum Gasteiger partial charge on any atom is -0.329 e. The maximum Gasteiger partial charge on any atom is 0.0628 e. The second-order valence-corrected chi connectivity index (χ2v) is 5.39. The smallest absolute Gasteiger partial charge is 0.0628 e. The van der Waals surface area contributed by atoms with Crippen LogP contribution in [0.2, 0.25) is 0 Å². The van der Waals surface area contributed by atoms with Crippen LogP contribution in [-0.2, 0) is 0 Å². The molecule has 3 nitrogen and oxygen atoms in total. The Kier molecular flexibility index (Phi) is 2.99. The number of nitriles is 1. The van der Waals surface area contributed by atoms with Crippen molar-refractivity contribution in [2.24, 2.45) is 17.1 Å². The van der Waals surface area contributed by atoms with Crippen molar-refractivity contribution < 1.29 is 0 Å². The SMILES string of the molecule is CN(CC1(CC#N)CC1)C(CN)C1CC1. The molecule has 2 rings (SSSR count). The predicted molar refractivity (Wildman–Crippen MR) is 60.1 cm³/mol. The van der Waals surface area contributed by atoms with Crippen molar-refractivity contribution in [3.05, 3.63) is 0 Å². The highest BCUT2D eigenvalue weighted by atomic mass is 15.2. The maximum atomic E-state index is 8.78. The van der Waals surface area contributed by atoms with Gasteiger partial charge in [-0.3, -0.25) is 0 Å². The molecule has 0 radical (unpaired) electrons. The minimum absolute atomic E-state index is 0.325. The van der Waals surface area contributed by atoms with Crippen molar-refractivity contribution in [3.63, 3.8) is 0 Å². The van der Waals surface area contributed by atoms with Crippen molar-refractivity contribution in [2.45, 2.75) is 38.1 Å². The van der Waals surface area contributed by atoms with Crippen LogP contribution in [-0.4, -0.2) is 31.1 Å². The van der Waals surface area contributed by atoms with E-state index in [1.54, 1.807) is 0 Å². The molecule has 2 aliphatic rings. The normalized spacial score (nSPS) is 24.9. The third kappa shape index (κ3) is 2.50. The molecule has 0 spiro atoms. The van der Waals surface area contributed by atoms with E-state index in [1.165, 1.54) is 25.7 Å². The Balaban J connectivity index is 1.85. The average Bonchev–Trinajstić information content (AvgIpc) is 3.04. The molecule has 0 heterocycles. The van der Waals surface area contributed by atoms with Crippen LogP contribution in [0, 0.1) is 22.7 Å². The largest absolute Gasteiger partial charge is 0.329 e. The standard InChI is InChI=1S/C12H21N3/c1-15(11(8-14)10-2-3-10)9-12(4-5-12)6-7-13/h10-11H,2-6,8-9,14H2,1H3. The lowest BCUT2D eigenvalue weighted by molar-refractivity contribution is 0.183. The van der Waals surface area contributed by atoms with Crippen molar-refractivity contribution in [1.82, 2.24) is 4.90 Å². The van der Waals surface area contributed by atoms with Gasteiger partial charge in [-0.15, -0.1) is 0 Å². The van der Waals surface area contributed by atoms with Crippen molar-refractivity contribution >= 4 is 0 Å². The molecule has 84 valence electrons. The quantitative estimate of drug-likeness (QED) is 0.715. The molecule has 1 unspecified atom stereocenters. The van der Waals surface area contributed by atoms with Gasteiger partial charge in [-0.05, 0) is 44.1 Å². The predicted octanol–water partition coefficient (Wildman–Crippen LogP) is 1.35. The maximum absolute atomic E-state index is 8.78. The number of rotatable bonds is 6. The van der Waals surface area contributed by atoms with Gasteiger partial charge in [-0.2, -0.15) is 5.26 Å². The third-order valence-electron chi connectivity index (χ3n) is 3.97. The molecule has 0 aliphatic heterocycles. The van der Waals surface area contributed by atoms with E-state index in [1.807, 2.05) is 0 Å². The van der Waals surface area contributed by atoms with Gasteiger partial charge in [-0.1, -0.05) is 0 Å². The van der Waals surface area contributed by atoms with Gasteiger partial charge in [0.15, 0.2) is 0 Å². The molecular formula is C12H21N3. The molecule has 0 aromatic carbocycles. The van der Waals surface area contributed by atoms with Gasteiger partial charge in [-0.25, -0.2) is 0 Å². The first kappa shape index (κ1) is 10.9. The van der Waals surface area contributed by atoms with E-state index < -0.39 is 0 Å². The second-order valence-electron chi connectivity index (χ2n) is 5.39. The molecule has 15 heavy (non-hydrogen) atoms. The van der Waals surface area contributed by atoms with Crippen LogP contribution in [0.15, 0.2) is 0 Å². The fraction of sp³-hybridized carbons (Fsp3) is 0.917. The van der Waals surface area contributed by atoms with Crippen LogP contribution < -0.4 is 5.73 Å². The third-order valence-corrected chi connectivity index (χ3v) is 3.97. The molecule has 0 aromatic rings. The lowest BCUT2D eigenvalue weighted by Crippen LogP contribution is -2.42. The van der Waals surface area contributed by atoms with Gasteiger partial charge in [0.2, 0.25) is 0 Å². The Morgan fingerprint density at radius 1 is 1.53 bits per heavy atom. The number of hydrogen-bond donors (Lipinski definition) is 1. The van der Waals surface area contributed by atoms with Crippen LogP contribution in [0.4, 0.5) is 0 Å². The molecule has 0 amide bonds. The number of likely N-dealkylation sites (N-methyl/N-ethyl adjacent to an activating group) is 1. The Morgan fingerprint density at radius 2 is 2.20 bits per heavy atom. The summed E-state index contributed by atoms with van der Waals surface area (Å²) in [6.07, 6.45) is 5.87. The fourth-order valence-electron chi connectivity index (χ4n) is 2.59. The first-order chi connectivity index (χ1) is 7.21. The van der Waals surface area contributed by atoms with E-state index in [4.69, 9.17) is 11.0 Å². The summed E-state index contributed by atoms with van der Waals surface area (Å²) in [7, 11) is 2.17. The first-order valence-corrected chi connectivity index (χ1v) is 5.98. The van der Waals surface area contributed by atoms with Gasteiger partial charge < -0.3 is 10.6 Å². The molecule has 3 heteroatoms. The molecule has 2 N–H and O–H groups in total.